The van der Waals surface area contributed by atoms with Crippen LogP contribution in [0, 0.1) is 17.5 Å². The standard InChI is InChI=1S/C8H7BrF3NO/c9-3-1-4(10)6(5(13)2-14)8(12)7(3)11/h1,5,14H,2,13H2/t5-/m1/s1. The largest absolute Gasteiger partial charge is 0.394 e. The van der Waals surface area contributed by atoms with E-state index in [1.165, 1.54) is 0 Å². The fourth-order valence-corrected chi connectivity index (χ4v) is 1.39. The van der Waals surface area contributed by atoms with Crippen LogP contribution in [0.15, 0.2) is 10.5 Å². The third-order valence-electron chi connectivity index (χ3n) is 1.72. The first-order valence-corrected chi connectivity index (χ1v) is 4.47. The molecule has 1 atom stereocenters. The molecule has 0 aliphatic heterocycles. The zero-order chi connectivity index (χ0) is 10.9. The van der Waals surface area contributed by atoms with E-state index in [0.717, 1.165) is 6.07 Å². The number of benzene rings is 1. The first-order valence-electron chi connectivity index (χ1n) is 3.68. The van der Waals surface area contributed by atoms with Crippen LogP contribution in [0.4, 0.5) is 13.2 Å². The van der Waals surface area contributed by atoms with Crippen molar-refractivity contribution in [1.29, 1.82) is 0 Å². The summed E-state index contributed by atoms with van der Waals surface area (Å²) >= 11 is 2.64. The van der Waals surface area contributed by atoms with E-state index < -0.39 is 35.7 Å². The topological polar surface area (TPSA) is 46.2 Å². The van der Waals surface area contributed by atoms with Gasteiger partial charge in [-0.2, -0.15) is 0 Å². The molecular weight excluding hydrogens is 263 g/mol. The number of halogens is 4. The molecule has 0 aliphatic carbocycles. The van der Waals surface area contributed by atoms with E-state index in [9.17, 15) is 13.2 Å². The van der Waals surface area contributed by atoms with E-state index in [0.29, 0.717) is 0 Å². The molecule has 78 valence electrons. The average Bonchev–Trinajstić information content (AvgIpc) is 2.14. The summed E-state index contributed by atoms with van der Waals surface area (Å²) in [4.78, 5) is 0. The average molecular weight is 270 g/mol. The highest BCUT2D eigenvalue weighted by atomic mass is 79.9. The summed E-state index contributed by atoms with van der Waals surface area (Å²) in [7, 11) is 0. The molecule has 1 aromatic carbocycles. The molecule has 14 heavy (non-hydrogen) atoms. The Morgan fingerprint density at radius 2 is 1.93 bits per heavy atom. The molecule has 0 heterocycles. The maximum atomic E-state index is 13.1. The Morgan fingerprint density at radius 3 is 2.43 bits per heavy atom. The lowest BCUT2D eigenvalue weighted by molar-refractivity contribution is 0.261. The fraction of sp³-hybridized carbons (Fsp3) is 0.250. The van der Waals surface area contributed by atoms with E-state index >= 15 is 0 Å². The number of hydrogen-bond acceptors (Lipinski definition) is 2. The van der Waals surface area contributed by atoms with E-state index in [1.807, 2.05) is 0 Å². The predicted molar refractivity (Wildman–Crippen MR) is 48.0 cm³/mol. The number of aliphatic hydroxyl groups excluding tert-OH is 1. The number of aliphatic hydroxyl groups is 1. The SMILES string of the molecule is N[C@H](CO)c1c(F)cc(Br)c(F)c1F. The van der Waals surface area contributed by atoms with Crippen molar-refractivity contribution in [2.75, 3.05) is 6.61 Å². The van der Waals surface area contributed by atoms with Crippen LogP contribution in [-0.2, 0) is 0 Å². The quantitative estimate of drug-likeness (QED) is 0.636. The Balaban J connectivity index is 3.36. The Bertz CT molecular complexity index is 359. The van der Waals surface area contributed by atoms with Gasteiger partial charge in [-0.25, -0.2) is 13.2 Å². The smallest absolute Gasteiger partial charge is 0.173 e. The molecule has 3 N–H and O–H groups in total. The van der Waals surface area contributed by atoms with Crippen molar-refractivity contribution in [2.45, 2.75) is 6.04 Å². The molecule has 0 fully saturated rings. The number of hydrogen-bond donors (Lipinski definition) is 2. The summed E-state index contributed by atoms with van der Waals surface area (Å²) in [5.74, 6) is -3.58. The number of nitrogens with two attached hydrogens (primary N) is 1. The maximum Gasteiger partial charge on any atom is 0.173 e. The van der Waals surface area contributed by atoms with Gasteiger partial charge in [-0.15, -0.1) is 0 Å². The van der Waals surface area contributed by atoms with Gasteiger partial charge >= 0.3 is 0 Å². The lowest BCUT2D eigenvalue weighted by Crippen LogP contribution is -2.19. The van der Waals surface area contributed by atoms with Gasteiger partial charge in [0.05, 0.1) is 17.1 Å². The lowest BCUT2D eigenvalue weighted by Gasteiger charge is -2.12. The minimum Gasteiger partial charge on any atom is -0.394 e. The van der Waals surface area contributed by atoms with Gasteiger partial charge in [-0.1, -0.05) is 0 Å². The van der Waals surface area contributed by atoms with Crippen LogP contribution in [0.3, 0.4) is 0 Å². The third-order valence-corrected chi connectivity index (χ3v) is 2.29. The zero-order valence-corrected chi connectivity index (χ0v) is 8.48. The van der Waals surface area contributed by atoms with E-state index in [4.69, 9.17) is 10.8 Å². The van der Waals surface area contributed by atoms with Gasteiger partial charge in [0, 0.05) is 5.56 Å². The van der Waals surface area contributed by atoms with Crippen LogP contribution < -0.4 is 5.73 Å². The van der Waals surface area contributed by atoms with Gasteiger partial charge in [0.2, 0.25) is 0 Å². The van der Waals surface area contributed by atoms with Crippen molar-refractivity contribution in [3.05, 3.63) is 33.6 Å². The van der Waals surface area contributed by atoms with Crippen molar-refractivity contribution in [1.82, 2.24) is 0 Å². The van der Waals surface area contributed by atoms with Crippen LogP contribution >= 0.6 is 15.9 Å². The first-order chi connectivity index (χ1) is 6.49. The molecule has 0 bridgehead atoms. The molecule has 6 heteroatoms. The molecule has 0 amide bonds. The van der Waals surface area contributed by atoms with Crippen LogP contribution in [0.5, 0.6) is 0 Å². The van der Waals surface area contributed by atoms with Crippen molar-refractivity contribution >= 4 is 15.9 Å². The number of rotatable bonds is 2. The van der Waals surface area contributed by atoms with Crippen molar-refractivity contribution in [3.8, 4) is 0 Å². The molecule has 1 rings (SSSR count). The van der Waals surface area contributed by atoms with Gasteiger partial charge < -0.3 is 10.8 Å². The second kappa shape index (κ2) is 4.29. The maximum absolute atomic E-state index is 13.1. The molecule has 0 saturated heterocycles. The monoisotopic (exact) mass is 269 g/mol. The summed E-state index contributed by atoms with van der Waals surface area (Å²) < 4.78 is 38.8. The third kappa shape index (κ3) is 1.92. The van der Waals surface area contributed by atoms with Crippen LogP contribution in [0.1, 0.15) is 11.6 Å². The molecule has 0 unspecified atom stereocenters. The van der Waals surface area contributed by atoms with E-state index in [1.54, 1.807) is 0 Å². The minimum absolute atomic E-state index is 0.318. The van der Waals surface area contributed by atoms with Crippen molar-refractivity contribution in [2.24, 2.45) is 5.73 Å². The van der Waals surface area contributed by atoms with Gasteiger partial charge in [0.1, 0.15) is 5.82 Å². The van der Waals surface area contributed by atoms with Gasteiger partial charge in [-0.3, -0.25) is 0 Å². The molecule has 1 aromatic rings. The van der Waals surface area contributed by atoms with E-state index in [2.05, 4.69) is 15.9 Å². The van der Waals surface area contributed by atoms with E-state index in [-0.39, 0.29) is 4.47 Å². The normalized spacial score (nSPS) is 13.0. The summed E-state index contributed by atoms with van der Waals surface area (Å²) in [5.41, 5.74) is 4.56. The molecule has 2 nitrogen and oxygen atoms in total. The Kier molecular flexibility index (Phi) is 3.52. The van der Waals surface area contributed by atoms with Gasteiger partial charge in [0.25, 0.3) is 0 Å². The first kappa shape index (κ1) is 11.5. The van der Waals surface area contributed by atoms with Crippen molar-refractivity contribution < 1.29 is 18.3 Å². The molecule has 0 aromatic heterocycles. The van der Waals surface area contributed by atoms with Crippen LogP contribution in [0.2, 0.25) is 0 Å². The molecular formula is C8H7BrF3NO. The molecule has 0 spiro atoms. The highest BCUT2D eigenvalue weighted by Crippen LogP contribution is 2.27. The Hall–Kier alpha value is -0.590. The Labute approximate surface area is 86.7 Å². The minimum atomic E-state index is -1.38. The van der Waals surface area contributed by atoms with Crippen molar-refractivity contribution in [3.63, 3.8) is 0 Å². The predicted octanol–water partition coefficient (Wildman–Crippen LogP) is 1.86. The second-order valence-corrected chi connectivity index (χ2v) is 3.53. The molecule has 0 saturated carbocycles. The van der Waals surface area contributed by atoms with Gasteiger partial charge in [-0.05, 0) is 22.0 Å². The fourth-order valence-electron chi connectivity index (χ4n) is 1.01. The van der Waals surface area contributed by atoms with Gasteiger partial charge in [0.15, 0.2) is 11.6 Å². The summed E-state index contributed by atoms with van der Waals surface area (Å²) in [5, 5.41) is 8.60. The lowest BCUT2D eigenvalue weighted by atomic mass is 10.1. The highest BCUT2D eigenvalue weighted by molar-refractivity contribution is 9.10. The summed E-state index contributed by atoms with van der Waals surface area (Å²) in [6.45, 7) is -0.658. The molecule has 0 radical (unpaired) electrons. The molecule has 0 aliphatic rings. The zero-order valence-electron chi connectivity index (χ0n) is 6.90. The summed E-state index contributed by atoms with van der Waals surface area (Å²) in [6, 6.07) is -0.499. The highest BCUT2D eigenvalue weighted by Gasteiger charge is 2.21. The summed E-state index contributed by atoms with van der Waals surface area (Å²) in [6.07, 6.45) is 0. The Morgan fingerprint density at radius 1 is 1.36 bits per heavy atom. The van der Waals surface area contributed by atoms with Crippen LogP contribution in [-0.4, -0.2) is 11.7 Å². The van der Waals surface area contributed by atoms with Crippen LogP contribution in [0.25, 0.3) is 0 Å². The second-order valence-electron chi connectivity index (χ2n) is 2.67.